The first-order valence-corrected chi connectivity index (χ1v) is 13.8. The lowest BCUT2D eigenvalue weighted by molar-refractivity contribution is -0.385. The molecule has 0 aromatic heterocycles. The number of allylic oxidation sites excluding steroid dienone is 2. The summed E-state index contributed by atoms with van der Waals surface area (Å²) in [6.07, 6.45) is 0. The molecule has 0 spiro atoms. The zero-order valence-electron chi connectivity index (χ0n) is 19.4. The Morgan fingerprint density at radius 3 is 1.88 bits per heavy atom. The Morgan fingerprint density at radius 1 is 0.875 bits per heavy atom. The van der Waals surface area contributed by atoms with Crippen LogP contribution in [0.2, 0.25) is 5.02 Å². The third kappa shape index (κ3) is 3.68. The number of nitro groups is 1. The summed E-state index contributed by atoms with van der Waals surface area (Å²) in [5, 5.41) is 12.2. The summed E-state index contributed by atoms with van der Waals surface area (Å²) >= 11 is 45.0. The number of amides is 3. The van der Waals surface area contributed by atoms with E-state index in [1.807, 2.05) is 0 Å². The fraction of sp³-hybridized carbons (Fsp3) is 0.250. The van der Waals surface area contributed by atoms with Crippen molar-refractivity contribution in [2.24, 2.45) is 11.8 Å². The molecule has 2 fully saturated rings. The number of rotatable bonds is 6. The summed E-state index contributed by atoms with van der Waals surface area (Å²) in [6.45, 7) is -0.893. The molecule has 1 heterocycles. The highest BCUT2D eigenvalue weighted by molar-refractivity contribution is 6.66. The third-order valence-electron chi connectivity index (χ3n) is 7.15. The number of nitrogens with zero attached hydrogens (tertiary/aromatic N) is 3. The van der Waals surface area contributed by atoms with Crippen LogP contribution in [0.15, 0.2) is 58.6 Å². The number of carbonyl (C=O) groups excluding carboxylic acids is 4. The van der Waals surface area contributed by atoms with Gasteiger partial charge in [-0.05, 0) is 30.3 Å². The number of imide groups is 1. The third-order valence-corrected chi connectivity index (χ3v) is 11.7. The predicted octanol–water partition coefficient (Wildman–Crippen LogP) is 5.94. The van der Waals surface area contributed by atoms with Crippen LogP contribution >= 0.6 is 81.2 Å². The molecule has 4 atom stereocenters. The number of hydrogen-bond donors (Lipinski definition) is 0. The highest BCUT2D eigenvalue weighted by atomic mass is 35.5. The molecule has 208 valence electrons. The van der Waals surface area contributed by atoms with E-state index in [0.29, 0.717) is 15.0 Å². The van der Waals surface area contributed by atoms with Crippen molar-refractivity contribution in [3.63, 3.8) is 0 Å². The molecule has 0 radical (unpaired) electrons. The number of benzene rings is 2. The summed E-state index contributed by atoms with van der Waals surface area (Å²) in [5.74, 6) is -7.37. The number of carbonyl (C=O) groups is 4. The van der Waals surface area contributed by atoms with E-state index in [-0.39, 0.29) is 15.6 Å². The zero-order chi connectivity index (χ0) is 29.5. The number of alkyl halides is 4. The molecule has 2 aliphatic carbocycles. The number of Topliss-reactive ketones (excluding diaryl/α,β-unsaturated/α-hetero) is 1. The van der Waals surface area contributed by atoms with Crippen LogP contribution in [0.5, 0.6) is 0 Å². The number of hydrazine groups is 1. The van der Waals surface area contributed by atoms with Crippen molar-refractivity contribution < 1.29 is 24.1 Å². The fourth-order valence-corrected chi connectivity index (χ4v) is 8.32. The van der Waals surface area contributed by atoms with E-state index >= 15 is 0 Å². The van der Waals surface area contributed by atoms with Crippen molar-refractivity contribution >= 4 is 110 Å². The number of fused-ring (bicyclic) bond motifs is 5. The molecule has 1 saturated carbocycles. The monoisotopic (exact) mass is 683 g/mol. The van der Waals surface area contributed by atoms with Crippen LogP contribution in [0.4, 0.5) is 5.69 Å². The summed E-state index contributed by atoms with van der Waals surface area (Å²) in [4.78, 5) is 61.3. The standard InChI is InChI=1S/C24H12Cl7N3O6/c25-11-7-5-10(6-8-11)14(35)9-32(19(36)12-3-1-2-4-13(12)34(39)40)33-20(37)15-16(21(33)38)23(29)18(27)17(26)22(15,28)24(23,30)31/h1-8,15-16H,9H2/t15-,16-,22-,23-/m1/s1. The average Bonchev–Trinajstić information content (AvgIpc) is 3.30. The molecule has 3 aliphatic rings. The Balaban J connectivity index is 1.63. The van der Waals surface area contributed by atoms with Gasteiger partial charge >= 0.3 is 0 Å². The van der Waals surface area contributed by atoms with E-state index in [1.165, 1.54) is 36.4 Å². The van der Waals surface area contributed by atoms with Gasteiger partial charge in [0.15, 0.2) is 10.1 Å². The molecule has 16 heteroatoms. The van der Waals surface area contributed by atoms with Gasteiger partial charge in [0.1, 0.15) is 21.9 Å². The first kappa shape index (κ1) is 29.4. The van der Waals surface area contributed by atoms with Crippen LogP contribution < -0.4 is 0 Å². The number of para-hydroxylation sites is 1. The van der Waals surface area contributed by atoms with E-state index in [2.05, 4.69) is 0 Å². The minimum absolute atomic E-state index is 0.0695. The van der Waals surface area contributed by atoms with Crippen molar-refractivity contribution in [3.05, 3.63) is 84.9 Å². The van der Waals surface area contributed by atoms with Crippen molar-refractivity contribution in [2.45, 2.75) is 14.1 Å². The van der Waals surface area contributed by atoms with E-state index in [9.17, 15) is 29.3 Å². The lowest BCUT2D eigenvalue weighted by Crippen LogP contribution is -2.56. The normalized spacial score (nSPS) is 28.2. The molecule has 5 rings (SSSR count). The number of halogens is 7. The van der Waals surface area contributed by atoms with Gasteiger partial charge in [-0.2, -0.15) is 5.01 Å². The van der Waals surface area contributed by atoms with Crippen LogP contribution in [0, 0.1) is 22.0 Å². The molecule has 0 unspecified atom stereocenters. The fourth-order valence-electron chi connectivity index (χ4n) is 5.27. The van der Waals surface area contributed by atoms with Gasteiger partial charge in [-0.1, -0.05) is 70.1 Å². The second kappa shape index (κ2) is 9.73. The van der Waals surface area contributed by atoms with Gasteiger partial charge in [0, 0.05) is 16.7 Å². The van der Waals surface area contributed by atoms with Gasteiger partial charge in [0.05, 0.1) is 26.8 Å². The second-order valence-corrected chi connectivity index (χ2v) is 12.8. The first-order chi connectivity index (χ1) is 18.6. The lowest BCUT2D eigenvalue weighted by atomic mass is 9.84. The molecule has 40 heavy (non-hydrogen) atoms. The maximum absolute atomic E-state index is 13.9. The highest BCUT2D eigenvalue weighted by Gasteiger charge is 2.88. The SMILES string of the molecule is O=C(CN(C(=O)c1ccccc1[N+](=O)[O-])N1C(=O)[C@H]2[C@H](C1=O)[C@@]1(Cl)C(Cl)=C(Cl)[C@@]2(Cl)C1(Cl)Cl)c1ccc(Cl)cc1. The van der Waals surface area contributed by atoms with E-state index in [0.717, 1.165) is 12.1 Å². The molecule has 2 aromatic carbocycles. The summed E-state index contributed by atoms with van der Waals surface area (Å²) < 4.78 is -2.23. The summed E-state index contributed by atoms with van der Waals surface area (Å²) in [6, 6.07) is 10.4. The van der Waals surface area contributed by atoms with Gasteiger partial charge in [0.2, 0.25) is 0 Å². The summed E-state index contributed by atoms with van der Waals surface area (Å²) in [7, 11) is 0. The van der Waals surface area contributed by atoms with Crippen LogP contribution in [-0.2, 0) is 9.59 Å². The van der Waals surface area contributed by atoms with Crippen molar-refractivity contribution in [3.8, 4) is 0 Å². The summed E-state index contributed by atoms with van der Waals surface area (Å²) in [5.41, 5.74) is -1.07. The number of ketones is 1. The predicted molar refractivity (Wildman–Crippen MR) is 149 cm³/mol. The highest BCUT2D eigenvalue weighted by Crippen LogP contribution is 2.77. The van der Waals surface area contributed by atoms with Crippen LogP contribution in [-0.4, -0.2) is 59.1 Å². The molecule has 9 nitrogen and oxygen atoms in total. The number of hydrogen-bond acceptors (Lipinski definition) is 6. The maximum atomic E-state index is 13.9. The van der Waals surface area contributed by atoms with E-state index in [1.54, 1.807) is 0 Å². The van der Waals surface area contributed by atoms with Gasteiger partial charge in [-0.3, -0.25) is 29.3 Å². The van der Waals surface area contributed by atoms with Crippen LogP contribution in [0.25, 0.3) is 0 Å². The molecule has 1 aliphatic heterocycles. The van der Waals surface area contributed by atoms with Crippen molar-refractivity contribution in [1.82, 2.24) is 10.0 Å². The zero-order valence-corrected chi connectivity index (χ0v) is 24.7. The van der Waals surface area contributed by atoms with Crippen LogP contribution in [0.1, 0.15) is 20.7 Å². The van der Waals surface area contributed by atoms with E-state index in [4.69, 9.17) is 81.2 Å². The van der Waals surface area contributed by atoms with Gasteiger partial charge in [0.25, 0.3) is 23.4 Å². The van der Waals surface area contributed by atoms with Gasteiger partial charge < -0.3 is 0 Å². The van der Waals surface area contributed by atoms with Crippen molar-refractivity contribution in [1.29, 1.82) is 0 Å². The quantitative estimate of drug-likeness (QED) is 0.122. The molecular weight excluding hydrogens is 674 g/mol. The maximum Gasteiger partial charge on any atom is 0.282 e. The molecule has 3 amide bonds. The molecule has 2 bridgehead atoms. The Morgan fingerprint density at radius 2 is 1.38 bits per heavy atom. The van der Waals surface area contributed by atoms with Gasteiger partial charge in [-0.15, -0.1) is 23.2 Å². The first-order valence-electron chi connectivity index (χ1n) is 11.2. The number of nitro benzene ring substituents is 1. The smallest absolute Gasteiger partial charge is 0.282 e. The average molecular weight is 687 g/mol. The Bertz CT molecular complexity index is 1520. The molecule has 0 N–H and O–H groups in total. The minimum Gasteiger partial charge on any atom is -0.292 e. The lowest BCUT2D eigenvalue weighted by Gasteiger charge is -2.36. The Labute approximate surface area is 260 Å². The van der Waals surface area contributed by atoms with Crippen molar-refractivity contribution in [2.75, 3.05) is 6.54 Å². The second-order valence-electron chi connectivity index (χ2n) is 9.14. The Kier molecular flexibility index (Phi) is 7.15. The largest absolute Gasteiger partial charge is 0.292 e. The van der Waals surface area contributed by atoms with Gasteiger partial charge in [-0.25, -0.2) is 5.01 Å². The van der Waals surface area contributed by atoms with E-state index < -0.39 is 72.1 Å². The minimum atomic E-state index is -2.23. The molecular formula is C24H12Cl7N3O6. The Hall–Kier alpha value is -2.11. The topological polar surface area (TPSA) is 118 Å². The molecule has 2 aromatic rings. The molecule has 1 saturated heterocycles. The van der Waals surface area contributed by atoms with Crippen LogP contribution in [0.3, 0.4) is 0 Å².